The number of hydrogen-bond acceptors (Lipinski definition) is 2. The molecule has 1 fully saturated rings. The maximum Gasteiger partial charge on any atom is 0.315 e. The van der Waals surface area contributed by atoms with E-state index in [1.807, 2.05) is 0 Å². The molecule has 4 nitrogen and oxygen atoms in total. The van der Waals surface area contributed by atoms with E-state index in [-0.39, 0.29) is 12.1 Å². The number of urea groups is 1. The van der Waals surface area contributed by atoms with Crippen LogP contribution in [0.5, 0.6) is 0 Å². The topological polar surface area (TPSA) is 53.2 Å². The number of unbranched alkanes of at least 4 members (excludes halogenated alkanes) is 1. The first-order valence-electron chi connectivity index (χ1n) is 6.49. The maximum atomic E-state index is 11.5. The lowest BCUT2D eigenvalue weighted by molar-refractivity contribution is 0.226. The monoisotopic (exact) mass is 227 g/mol. The quantitative estimate of drug-likeness (QED) is 0.623. The minimum Gasteiger partial charge on any atom is -0.338 e. The number of hydrogen-bond donors (Lipinski definition) is 3. The van der Waals surface area contributed by atoms with Crippen molar-refractivity contribution < 1.29 is 4.79 Å². The third-order valence-electron chi connectivity index (χ3n) is 3.27. The molecule has 4 heteroatoms. The molecule has 0 aromatic heterocycles. The van der Waals surface area contributed by atoms with Crippen molar-refractivity contribution in [2.75, 3.05) is 19.6 Å². The molecule has 0 aromatic rings. The Labute approximate surface area is 98.6 Å². The van der Waals surface area contributed by atoms with Gasteiger partial charge in [0.1, 0.15) is 0 Å². The molecule has 0 saturated carbocycles. The van der Waals surface area contributed by atoms with Crippen molar-refractivity contribution in [3.8, 4) is 0 Å². The van der Waals surface area contributed by atoms with Crippen LogP contribution in [-0.2, 0) is 0 Å². The number of nitrogens with one attached hydrogen (secondary N) is 3. The van der Waals surface area contributed by atoms with E-state index < -0.39 is 0 Å². The lowest BCUT2D eigenvalue weighted by Crippen LogP contribution is -2.46. The molecule has 1 atom stereocenters. The van der Waals surface area contributed by atoms with Crippen LogP contribution >= 0.6 is 0 Å². The van der Waals surface area contributed by atoms with Gasteiger partial charge in [-0.1, -0.05) is 13.3 Å². The first kappa shape index (κ1) is 13.3. The van der Waals surface area contributed by atoms with Crippen molar-refractivity contribution in [2.24, 2.45) is 5.92 Å². The molecular formula is C12H25N3O. The van der Waals surface area contributed by atoms with Crippen molar-refractivity contribution in [3.05, 3.63) is 0 Å². The highest BCUT2D eigenvalue weighted by Crippen LogP contribution is 2.15. The van der Waals surface area contributed by atoms with Crippen LogP contribution in [0.4, 0.5) is 4.79 Å². The normalized spacial score (nSPS) is 19.1. The van der Waals surface area contributed by atoms with E-state index in [1.165, 1.54) is 0 Å². The molecule has 0 aliphatic carbocycles. The lowest BCUT2D eigenvalue weighted by atomic mass is 9.91. The van der Waals surface area contributed by atoms with E-state index in [1.54, 1.807) is 0 Å². The predicted octanol–water partition coefficient (Wildman–Crippen LogP) is 1.47. The summed E-state index contributed by atoms with van der Waals surface area (Å²) in [5, 5.41) is 9.26. The highest BCUT2D eigenvalue weighted by atomic mass is 16.2. The summed E-state index contributed by atoms with van der Waals surface area (Å²) in [6.07, 6.45) is 4.49. The van der Waals surface area contributed by atoms with Gasteiger partial charge in [-0.15, -0.1) is 0 Å². The Kier molecular flexibility index (Phi) is 6.23. The fraction of sp³-hybridized carbons (Fsp3) is 0.917. The molecule has 1 saturated heterocycles. The van der Waals surface area contributed by atoms with Gasteiger partial charge in [-0.25, -0.2) is 4.79 Å². The summed E-state index contributed by atoms with van der Waals surface area (Å²) in [6.45, 7) is 7.16. The van der Waals surface area contributed by atoms with Crippen molar-refractivity contribution >= 4 is 6.03 Å². The fourth-order valence-corrected chi connectivity index (χ4v) is 2.10. The van der Waals surface area contributed by atoms with Crippen LogP contribution in [0.2, 0.25) is 0 Å². The Balaban J connectivity index is 2.16. The molecule has 0 aromatic carbocycles. The van der Waals surface area contributed by atoms with Crippen molar-refractivity contribution in [1.82, 2.24) is 16.0 Å². The minimum absolute atomic E-state index is 0.0144. The Hall–Kier alpha value is -0.770. The van der Waals surface area contributed by atoms with E-state index in [0.29, 0.717) is 5.92 Å². The molecule has 3 N–H and O–H groups in total. The maximum absolute atomic E-state index is 11.5. The Morgan fingerprint density at radius 3 is 2.75 bits per heavy atom. The molecule has 1 rings (SSSR count). The molecule has 0 bridgehead atoms. The van der Waals surface area contributed by atoms with Crippen LogP contribution in [0.1, 0.15) is 39.5 Å². The van der Waals surface area contributed by atoms with E-state index in [0.717, 1.165) is 45.3 Å². The number of amides is 2. The van der Waals surface area contributed by atoms with Gasteiger partial charge >= 0.3 is 6.03 Å². The number of piperidine rings is 1. The second kappa shape index (κ2) is 7.49. The molecule has 0 radical (unpaired) electrons. The van der Waals surface area contributed by atoms with E-state index in [4.69, 9.17) is 0 Å². The zero-order valence-electron chi connectivity index (χ0n) is 10.5. The largest absolute Gasteiger partial charge is 0.338 e. The van der Waals surface area contributed by atoms with Gasteiger partial charge < -0.3 is 16.0 Å². The second-order valence-electron chi connectivity index (χ2n) is 4.63. The Morgan fingerprint density at radius 2 is 2.12 bits per heavy atom. The molecule has 2 amide bonds. The van der Waals surface area contributed by atoms with E-state index >= 15 is 0 Å². The zero-order valence-corrected chi connectivity index (χ0v) is 10.5. The second-order valence-corrected chi connectivity index (χ2v) is 4.63. The van der Waals surface area contributed by atoms with Crippen molar-refractivity contribution in [3.63, 3.8) is 0 Å². The van der Waals surface area contributed by atoms with Gasteiger partial charge in [0, 0.05) is 12.6 Å². The van der Waals surface area contributed by atoms with Crippen LogP contribution in [-0.4, -0.2) is 31.7 Å². The smallest absolute Gasteiger partial charge is 0.315 e. The van der Waals surface area contributed by atoms with Crippen LogP contribution in [0.25, 0.3) is 0 Å². The molecule has 94 valence electrons. The van der Waals surface area contributed by atoms with Gasteiger partial charge in [0.25, 0.3) is 0 Å². The third-order valence-corrected chi connectivity index (χ3v) is 3.27. The molecule has 0 spiro atoms. The van der Waals surface area contributed by atoms with Crippen LogP contribution in [0.15, 0.2) is 0 Å². The van der Waals surface area contributed by atoms with Gasteiger partial charge in [-0.3, -0.25) is 0 Å². The fourth-order valence-electron chi connectivity index (χ4n) is 2.10. The Morgan fingerprint density at radius 1 is 1.44 bits per heavy atom. The average molecular weight is 227 g/mol. The molecule has 1 aliphatic heterocycles. The third kappa shape index (κ3) is 4.84. The number of carbonyl (C=O) groups excluding carboxylic acids is 1. The predicted molar refractivity (Wildman–Crippen MR) is 66.5 cm³/mol. The summed E-state index contributed by atoms with van der Waals surface area (Å²) in [4.78, 5) is 11.5. The Bertz CT molecular complexity index is 202. The van der Waals surface area contributed by atoms with Gasteiger partial charge in [-0.05, 0) is 45.2 Å². The highest BCUT2D eigenvalue weighted by molar-refractivity contribution is 5.74. The van der Waals surface area contributed by atoms with Gasteiger partial charge in [0.15, 0.2) is 0 Å². The molecule has 16 heavy (non-hydrogen) atoms. The summed E-state index contributed by atoms with van der Waals surface area (Å²) in [5.74, 6) is 0.623. The summed E-state index contributed by atoms with van der Waals surface area (Å²) >= 11 is 0. The first-order valence-corrected chi connectivity index (χ1v) is 6.49. The molecular weight excluding hydrogens is 202 g/mol. The van der Waals surface area contributed by atoms with E-state index in [9.17, 15) is 4.79 Å². The van der Waals surface area contributed by atoms with Crippen molar-refractivity contribution in [1.29, 1.82) is 0 Å². The van der Waals surface area contributed by atoms with Crippen molar-refractivity contribution in [2.45, 2.75) is 45.6 Å². The standard InChI is InChI=1S/C12H25N3O/c1-3-4-7-14-12(16)15-10(2)11-5-8-13-9-6-11/h10-11,13H,3-9H2,1-2H3,(H2,14,15,16). The molecule has 1 aliphatic rings. The number of carbonyl (C=O) groups is 1. The first-order chi connectivity index (χ1) is 7.74. The average Bonchev–Trinajstić information content (AvgIpc) is 2.30. The van der Waals surface area contributed by atoms with Crippen LogP contribution in [0, 0.1) is 5.92 Å². The minimum atomic E-state index is -0.0144. The van der Waals surface area contributed by atoms with E-state index in [2.05, 4.69) is 29.8 Å². The SMILES string of the molecule is CCCCNC(=O)NC(C)C1CCNCC1. The summed E-state index contributed by atoms with van der Waals surface area (Å²) < 4.78 is 0. The van der Waals surface area contributed by atoms with Gasteiger partial charge in [0.05, 0.1) is 0 Å². The highest BCUT2D eigenvalue weighted by Gasteiger charge is 2.20. The van der Waals surface area contributed by atoms with Crippen LogP contribution < -0.4 is 16.0 Å². The summed E-state index contributed by atoms with van der Waals surface area (Å²) in [7, 11) is 0. The molecule has 1 heterocycles. The molecule has 1 unspecified atom stereocenters. The zero-order chi connectivity index (χ0) is 11.8. The van der Waals surface area contributed by atoms with Gasteiger partial charge in [0.2, 0.25) is 0 Å². The van der Waals surface area contributed by atoms with Gasteiger partial charge in [-0.2, -0.15) is 0 Å². The lowest BCUT2D eigenvalue weighted by Gasteiger charge is -2.28. The van der Waals surface area contributed by atoms with Crippen LogP contribution in [0.3, 0.4) is 0 Å². The summed E-state index contributed by atoms with van der Waals surface area (Å²) in [6, 6.07) is 0.267. The summed E-state index contributed by atoms with van der Waals surface area (Å²) in [5.41, 5.74) is 0. The number of rotatable bonds is 5.